The van der Waals surface area contributed by atoms with Gasteiger partial charge in [-0.15, -0.1) is 5.10 Å². The molecule has 0 spiro atoms. The summed E-state index contributed by atoms with van der Waals surface area (Å²) in [6.45, 7) is 0. The zero-order valence-electron chi connectivity index (χ0n) is 12.8. The van der Waals surface area contributed by atoms with Gasteiger partial charge in [0.25, 0.3) is 11.6 Å². The number of aromatic nitrogens is 2. The minimum Gasteiger partial charge on any atom is -0.403 e. The Kier molecular flexibility index (Phi) is 4.61. The predicted octanol–water partition coefficient (Wildman–Crippen LogP) is 3.30. The lowest BCUT2D eigenvalue weighted by molar-refractivity contribution is -0.384. The van der Waals surface area contributed by atoms with E-state index >= 15 is 0 Å². The number of non-ortho nitro benzene ring substituents is 1. The summed E-state index contributed by atoms with van der Waals surface area (Å²) in [6.07, 6.45) is 2.79. The molecule has 1 heterocycles. The van der Waals surface area contributed by atoms with Crippen molar-refractivity contribution in [3.05, 3.63) is 76.4 Å². The van der Waals surface area contributed by atoms with Gasteiger partial charge in [-0.3, -0.25) is 20.2 Å². The molecule has 1 N–H and O–H groups in total. The third-order valence-corrected chi connectivity index (χ3v) is 3.21. The Morgan fingerprint density at radius 2 is 1.80 bits per heavy atom. The Labute approximate surface area is 142 Å². The molecule has 25 heavy (non-hydrogen) atoms. The summed E-state index contributed by atoms with van der Waals surface area (Å²) in [5.74, 6) is -0.156. The quantitative estimate of drug-likeness (QED) is 0.435. The van der Waals surface area contributed by atoms with Gasteiger partial charge in [-0.05, 0) is 35.9 Å². The van der Waals surface area contributed by atoms with Crippen LogP contribution in [0.25, 0.3) is 17.5 Å². The molecular formula is C17H12N4O4. The predicted molar refractivity (Wildman–Crippen MR) is 90.5 cm³/mol. The molecule has 0 aliphatic carbocycles. The summed E-state index contributed by atoms with van der Waals surface area (Å²) in [5.41, 5.74) is 1.38. The van der Waals surface area contributed by atoms with Crippen LogP contribution >= 0.6 is 0 Å². The van der Waals surface area contributed by atoms with E-state index in [0.717, 1.165) is 5.56 Å². The van der Waals surface area contributed by atoms with Crippen LogP contribution < -0.4 is 5.32 Å². The van der Waals surface area contributed by atoms with E-state index in [1.807, 2.05) is 30.3 Å². The van der Waals surface area contributed by atoms with Crippen molar-refractivity contribution in [3.8, 4) is 11.5 Å². The third kappa shape index (κ3) is 4.14. The Hall–Kier alpha value is -3.81. The van der Waals surface area contributed by atoms with E-state index in [-0.39, 0.29) is 11.7 Å². The topological polar surface area (TPSA) is 111 Å². The Balaban J connectivity index is 1.63. The highest BCUT2D eigenvalue weighted by Crippen LogP contribution is 2.19. The molecule has 1 aromatic heterocycles. The molecule has 8 nitrogen and oxygen atoms in total. The second-order valence-electron chi connectivity index (χ2n) is 4.95. The average Bonchev–Trinajstić information content (AvgIpc) is 3.09. The fourth-order valence-electron chi connectivity index (χ4n) is 2.00. The van der Waals surface area contributed by atoms with Gasteiger partial charge in [-0.1, -0.05) is 23.3 Å². The summed E-state index contributed by atoms with van der Waals surface area (Å²) in [6, 6.07) is 15.0. The lowest BCUT2D eigenvalue weighted by atomic mass is 10.2. The van der Waals surface area contributed by atoms with Crippen LogP contribution in [0.1, 0.15) is 5.56 Å². The first-order chi connectivity index (χ1) is 12.1. The number of rotatable bonds is 5. The van der Waals surface area contributed by atoms with Gasteiger partial charge in [0.2, 0.25) is 5.89 Å². The van der Waals surface area contributed by atoms with Crippen LogP contribution in [0.2, 0.25) is 0 Å². The minimum absolute atomic E-state index is 0.0131. The Morgan fingerprint density at radius 1 is 1.08 bits per heavy atom. The van der Waals surface area contributed by atoms with E-state index in [4.69, 9.17) is 4.42 Å². The van der Waals surface area contributed by atoms with E-state index in [1.165, 1.54) is 24.3 Å². The lowest BCUT2D eigenvalue weighted by Crippen LogP contribution is -2.07. The zero-order valence-corrected chi connectivity index (χ0v) is 12.8. The first kappa shape index (κ1) is 16.1. The van der Waals surface area contributed by atoms with E-state index < -0.39 is 10.8 Å². The molecule has 0 aliphatic rings. The fraction of sp³-hybridized carbons (Fsp3) is 0. The number of carbonyl (C=O) groups excluding carboxylic acids is 1. The third-order valence-electron chi connectivity index (χ3n) is 3.21. The number of anilines is 1. The molecule has 0 saturated carbocycles. The van der Waals surface area contributed by atoms with Crippen molar-refractivity contribution in [3.63, 3.8) is 0 Å². The largest absolute Gasteiger partial charge is 0.403 e. The molecule has 0 fully saturated rings. The highest BCUT2D eigenvalue weighted by atomic mass is 16.6. The molecule has 124 valence electrons. The molecule has 0 radical (unpaired) electrons. The van der Waals surface area contributed by atoms with Crippen LogP contribution in [0.15, 0.2) is 65.1 Å². The van der Waals surface area contributed by atoms with Crippen LogP contribution in [0.3, 0.4) is 0 Å². The van der Waals surface area contributed by atoms with Crippen molar-refractivity contribution in [1.82, 2.24) is 10.2 Å². The SMILES string of the molecule is O=C(C=Cc1ccc([N+](=O)[O-])cc1)Nc1nnc(-c2ccccc2)o1. The Bertz CT molecular complexity index is 917. The summed E-state index contributed by atoms with van der Waals surface area (Å²) in [5, 5.41) is 20.7. The van der Waals surface area contributed by atoms with E-state index in [1.54, 1.807) is 12.1 Å². The maximum Gasteiger partial charge on any atom is 0.322 e. The van der Waals surface area contributed by atoms with Gasteiger partial charge in [-0.2, -0.15) is 0 Å². The highest BCUT2D eigenvalue weighted by molar-refractivity contribution is 6.00. The van der Waals surface area contributed by atoms with E-state index in [9.17, 15) is 14.9 Å². The van der Waals surface area contributed by atoms with Crippen LogP contribution in [0.5, 0.6) is 0 Å². The molecule has 2 aromatic carbocycles. The molecule has 8 heteroatoms. The van der Waals surface area contributed by atoms with Crippen molar-refractivity contribution < 1.29 is 14.1 Å². The molecule has 0 unspecified atom stereocenters. The molecule has 1 amide bonds. The maximum absolute atomic E-state index is 11.9. The second-order valence-corrected chi connectivity index (χ2v) is 4.95. The standard InChI is InChI=1S/C17H12N4O4/c22-15(11-8-12-6-9-14(10-7-12)21(23)24)18-17-20-19-16(25-17)13-4-2-1-3-5-13/h1-11H,(H,18,20,22). The lowest BCUT2D eigenvalue weighted by Gasteiger charge is -1.96. The first-order valence-electron chi connectivity index (χ1n) is 7.24. The summed E-state index contributed by atoms with van der Waals surface area (Å²) in [7, 11) is 0. The van der Waals surface area contributed by atoms with Gasteiger partial charge < -0.3 is 4.42 Å². The van der Waals surface area contributed by atoms with Crippen molar-refractivity contribution in [2.45, 2.75) is 0 Å². The average molecular weight is 336 g/mol. The number of hydrogen-bond donors (Lipinski definition) is 1. The van der Waals surface area contributed by atoms with Gasteiger partial charge >= 0.3 is 6.01 Å². The number of nitro benzene ring substituents is 1. The van der Waals surface area contributed by atoms with Gasteiger partial charge in [0.15, 0.2) is 0 Å². The number of hydrogen-bond acceptors (Lipinski definition) is 6. The normalized spacial score (nSPS) is 10.7. The van der Waals surface area contributed by atoms with Gasteiger partial charge in [0.05, 0.1) is 4.92 Å². The van der Waals surface area contributed by atoms with Crippen molar-refractivity contribution >= 4 is 23.7 Å². The number of benzene rings is 2. The first-order valence-corrected chi connectivity index (χ1v) is 7.24. The number of carbonyl (C=O) groups is 1. The number of nitrogens with zero attached hydrogens (tertiary/aromatic N) is 3. The molecule has 3 rings (SSSR count). The molecule has 0 bridgehead atoms. The molecule has 0 atom stereocenters. The van der Waals surface area contributed by atoms with Crippen LogP contribution in [0, 0.1) is 10.1 Å². The van der Waals surface area contributed by atoms with Gasteiger partial charge in [0.1, 0.15) is 0 Å². The van der Waals surface area contributed by atoms with E-state index in [0.29, 0.717) is 11.5 Å². The molecular weight excluding hydrogens is 324 g/mol. The molecule has 0 saturated heterocycles. The van der Waals surface area contributed by atoms with Crippen LogP contribution in [-0.2, 0) is 4.79 Å². The smallest absolute Gasteiger partial charge is 0.322 e. The van der Waals surface area contributed by atoms with Crippen molar-refractivity contribution in [2.75, 3.05) is 5.32 Å². The monoisotopic (exact) mass is 336 g/mol. The van der Waals surface area contributed by atoms with E-state index in [2.05, 4.69) is 15.5 Å². The second kappa shape index (κ2) is 7.18. The number of nitrogens with one attached hydrogen (secondary N) is 1. The summed E-state index contributed by atoms with van der Waals surface area (Å²) in [4.78, 5) is 22.0. The number of nitro groups is 1. The fourth-order valence-corrected chi connectivity index (χ4v) is 2.00. The molecule has 0 aliphatic heterocycles. The van der Waals surface area contributed by atoms with Gasteiger partial charge in [0, 0.05) is 23.8 Å². The van der Waals surface area contributed by atoms with Crippen molar-refractivity contribution in [1.29, 1.82) is 0 Å². The zero-order chi connectivity index (χ0) is 17.6. The van der Waals surface area contributed by atoms with Gasteiger partial charge in [-0.25, -0.2) is 0 Å². The number of amides is 1. The minimum atomic E-state index is -0.486. The highest BCUT2D eigenvalue weighted by Gasteiger charge is 2.09. The van der Waals surface area contributed by atoms with Crippen molar-refractivity contribution in [2.24, 2.45) is 0 Å². The Morgan fingerprint density at radius 3 is 2.48 bits per heavy atom. The summed E-state index contributed by atoms with van der Waals surface area (Å²) < 4.78 is 5.37. The van der Waals surface area contributed by atoms with Crippen LogP contribution in [-0.4, -0.2) is 21.0 Å². The maximum atomic E-state index is 11.9. The van der Waals surface area contributed by atoms with Crippen LogP contribution in [0.4, 0.5) is 11.7 Å². The summed E-state index contributed by atoms with van der Waals surface area (Å²) >= 11 is 0. The molecule has 3 aromatic rings.